The number of hydrogen-bond acceptors (Lipinski definition) is 5. The first-order valence-electron chi connectivity index (χ1n) is 6.75. The third-order valence-corrected chi connectivity index (χ3v) is 5.98. The molecule has 0 spiro atoms. The van der Waals surface area contributed by atoms with Crippen molar-refractivity contribution >= 4 is 37.9 Å². The Morgan fingerprint density at radius 1 is 1.50 bits per heavy atom. The minimum atomic E-state index is -3.01. The average molecular weight is 389 g/mol. The fraction of sp³-hybridized carbons (Fsp3) is 0.429. The van der Waals surface area contributed by atoms with Crippen LogP contribution in [-0.2, 0) is 19.5 Å². The van der Waals surface area contributed by atoms with E-state index in [9.17, 15) is 13.2 Å². The SMILES string of the molecule is CN(C(=O)CO/N=C\c1ccccc1Br)[C@H]1CCS(=O)(=O)C1. The van der Waals surface area contributed by atoms with Crippen molar-refractivity contribution in [2.45, 2.75) is 12.5 Å². The minimum absolute atomic E-state index is 0.0233. The molecule has 22 heavy (non-hydrogen) atoms. The highest BCUT2D eigenvalue weighted by atomic mass is 79.9. The van der Waals surface area contributed by atoms with E-state index >= 15 is 0 Å². The maximum Gasteiger partial charge on any atom is 0.263 e. The Morgan fingerprint density at radius 2 is 2.23 bits per heavy atom. The molecule has 8 heteroatoms. The molecule has 1 heterocycles. The summed E-state index contributed by atoms with van der Waals surface area (Å²) in [5.74, 6) is -0.127. The van der Waals surface area contributed by atoms with E-state index in [1.165, 1.54) is 11.1 Å². The number of rotatable bonds is 5. The van der Waals surface area contributed by atoms with Crippen LogP contribution < -0.4 is 0 Å². The number of carbonyl (C=O) groups is 1. The molecule has 1 fully saturated rings. The van der Waals surface area contributed by atoms with Gasteiger partial charge in [0.05, 0.1) is 17.7 Å². The first kappa shape index (κ1) is 17.0. The second kappa shape index (κ2) is 7.23. The molecule has 0 bridgehead atoms. The quantitative estimate of drug-likeness (QED) is 0.564. The number of likely N-dealkylation sites (N-methyl/N-ethyl adjacent to an activating group) is 1. The molecule has 0 radical (unpaired) electrons. The van der Waals surface area contributed by atoms with Crippen LogP contribution in [0.5, 0.6) is 0 Å². The van der Waals surface area contributed by atoms with Gasteiger partial charge < -0.3 is 9.74 Å². The predicted octanol–water partition coefficient (Wildman–Crippen LogP) is 1.45. The maximum atomic E-state index is 11.9. The molecule has 6 nitrogen and oxygen atoms in total. The molecule has 0 aliphatic carbocycles. The Bertz CT molecular complexity index is 675. The molecule has 0 N–H and O–H groups in total. The summed E-state index contributed by atoms with van der Waals surface area (Å²) in [6, 6.07) is 7.21. The minimum Gasteiger partial charge on any atom is -0.386 e. The van der Waals surface area contributed by atoms with E-state index in [0.29, 0.717) is 6.42 Å². The highest BCUT2D eigenvalue weighted by Crippen LogP contribution is 2.16. The van der Waals surface area contributed by atoms with Crippen LogP contribution in [0.4, 0.5) is 0 Å². The zero-order valence-electron chi connectivity index (χ0n) is 12.1. The van der Waals surface area contributed by atoms with E-state index in [4.69, 9.17) is 4.84 Å². The number of sulfone groups is 1. The zero-order chi connectivity index (χ0) is 16.2. The molecule has 1 aromatic carbocycles. The Balaban J connectivity index is 1.82. The predicted molar refractivity (Wildman–Crippen MR) is 87.5 cm³/mol. The highest BCUT2D eigenvalue weighted by Gasteiger charge is 2.32. The summed E-state index contributed by atoms with van der Waals surface area (Å²) in [7, 11) is -1.42. The smallest absolute Gasteiger partial charge is 0.263 e. The largest absolute Gasteiger partial charge is 0.386 e. The van der Waals surface area contributed by atoms with Crippen LogP contribution in [0.25, 0.3) is 0 Å². The van der Waals surface area contributed by atoms with E-state index < -0.39 is 9.84 Å². The van der Waals surface area contributed by atoms with Gasteiger partial charge in [0, 0.05) is 23.1 Å². The van der Waals surface area contributed by atoms with Gasteiger partial charge in [-0.05, 0) is 12.5 Å². The Hall–Kier alpha value is -1.41. The van der Waals surface area contributed by atoms with Crippen LogP contribution in [0.3, 0.4) is 0 Å². The van der Waals surface area contributed by atoms with Crippen LogP contribution in [0.15, 0.2) is 33.9 Å². The van der Waals surface area contributed by atoms with Crippen molar-refractivity contribution < 1.29 is 18.0 Å². The summed E-state index contributed by atoms with van der Waals surface area (Å²) in [6.07, 6.45) is 1.99. The summed E-state index contributed by atoms with van der Waals surface area (Å²) in [5.41, 5.74) is 0.838. The first-order valence-corrected chi connectivity index (χ1v) is 9.36. The number of hydrogen-bond donors (Lipinski definition) is 0. The van der Waals surface area contributed by atoms with Gasteiger partial charge >= 0.3 is 0 Å². The normalized spacial score (nSPS) is 20.2. The van der Waals surface area contributed by atoms with Crippen molar-refractivity contribution in [1.82, 2.24) is 4.90 Å². The molecule has 0 aromatic heterocycles. The van der Waals surface area contributed by atoms with Gasteiger partial charge in [-0.2, -0.15) is 0 Å². The van der Waals surface area contributed by atoms with E-state index in [-0.39, 0.29) is 30.1 Å². The second-order valence-corrected chi connectivity index (χ2v) is 8.17. The van der Waals surface area contributed by atoms with Gasteiger partial charge in [-0.3, -0.25) is 4.79 Å². The van der Waals surface area contributed by atoms with Crippen LogP contribution >= 0.6 is 15.9 Å². The third kappa shape index (κ3) is 4.54. The molecule has 1 aromatic rings. The molecule has 120 valence electrons. The Morgan fingerprint density at radius 3 is 2.86 bits per heavy atom. The van der Waals surface area contributed by atoms with Crippen molar-refractivity contribution in [1.29, 1.82) is 0 Å². The topological polar surface area (TPSA) is 76.0 Å². The monoisotopic (exact) mass is 388 g/mol. The van der Waals surface area contributed by atoms with Crippen LogP contribution in [0, 0.1) is 0 Å². The van der Waals surface area contributed by atoms with E-state index in [0.717, 1.165) is 10.0 Å². The maximum absolute atomic E-state index is 11.9. The van der Waals surface area contributed by atoms with Gasteiger partial charge in [0.15, 0.2) is 16.4 Å². The number of oxime groups is 1. The van der Waals surface area contributed by atoms with Crippen molar-refractivity contribution in [3.05, 3.63) is 34.3 Å². The molecule has 1 amide bonds. The standard InChI is InChI=1S/C14H17BrN2O4S/c1-17(12-6-7-22(19,20)10-12)14(18)9-21-16-8-11-4-2-3-5-13(11)15/h2-5,8,12H,6-7,9-10H2,1H3/b16-8-/t12-/m0/s1. The lowest BCUT2D eigenvalue weighted by molar-refractivity contribution is -0.136. The molecule has 0 saturated carbocycles. The number of amides is 1. The molecular formula is C14H17BrN2O4S. The van der Waals surface area contributed by atoms with Gasteiger partial charge in [0.2, 0.25) is 0 Å². The average Bonchev–Trinajstić information content (AvgIpc) is 2.84. The lowest BCUT2D eigenvalue weighted by Crippen LogP contribution is -2.39. The molecule has 1 aliphatic heterocycles. The van der Waals surface area contributed by atoms with Crippen LogP contribution in [0.2, 0.25) is 0 Å². The number of benzene rings is 1. The fourth-order valence-corrected chi connectivity index (χ4v) is 4.31. The van der Waals surface area contributed by atoms with Crippen molar-refractivity contribution in [2.75, 3.05) is 25.2 Å². The number of halogens is 1. The van der Waals surface area contributed by atoms with Crippen LogP contribution in [0.1, 0.15) is 12.0 Å². The van der Waals surface area contributed by atoms with Gasteiger partial charge in [0.25, 0.3) is 5.91 Å². The molecular weight excluding hydrogens is 372 g/mol. The molecule has 1 saturated heterocycles. The summed E-state index contributed by atoms with van der Waals surface area (Å²) >= 11 is 3.38. The van der Waals surface area contributed by atoms with E-state index in [2.05, 4.69) is 21.1 Å². The summed E-state index contributed by atoms with van der Waals surface area (Å²) in [4.78, 5) is 18.4. The molecule has 1 aliphatic rings. The molecule has 2 rings (SSSR count). The molecule has 0 unspecified atom stereocenters. The number of carbonyl (C=O) groups excluding carboxylic acids is 1. The molecule has 1 atom stereocenters. The van der Waals surface area contributed by atoms with E-state index in [1.54, 1.807) is 7.05 Å². The van der Waals surface area contributed by atoms with Crippen LogP contribution in [-0.4, -0.2) is 56.6 Å². The van der Waals surface area contributed by atoms with Gasteiger partial charge in [-0.15, -0.1) is 0 Å². The van der Waals surface area contributed by atoms with Crippen molar-refractivity contribution in [3.63, 3.8) is 0 Å². The Labute approximate surface area is 138 Å². The van der Waals surface area contributed by atoms with Gasteiger partial charge in [-0.1, -0.05) is 39.3 Å². The Kier molecular flexibility index (Phi) is 5.57. The van der Waals surface area contributed by atoms with Crippen molar-refractivity contribution in [3.8, 4) is 0 Å². The second-order valence-electron chi connectivity index (χ2n) is 5.09. The third-order valence-electron chi connectivity index (χ3n) is 3.51. The highest BCUT2D eigenvalue weighted by molar-refractivity contribution is 9.10. The lowest BCUT2D eigenvalue weighted by Gasteiger charge is -2.22. The van der Waals surface area contributed by atoms with Gasteiger partial charge in [-0.25, -0.2) is 8.42 Å². The number of nitrogens with zero attached hydrogens (tertiary/aromatic N) is 2. The van der Waals surface area contributed by atoms with Crippen molar-refractivity contribution in [2.24, 2.45) is 5.16 Å². The summed E-state index contributed by atoms with van der Waals surface area (Å²) in [6.45, 7) is -0.214. The zero-order valence-corrected chi connectivity index (χ0v) is 14.5. The first-order chi connectivity index (χ1) is 10.4. The fourth-order valence-electron chi connectivity index (χ4n) is 2.15. The van der Waals surface area contributed by atoms with Gasteiger partial charge in [0.1, 0.15) is 0 Å². The lowest BCUT2D eigenvalue weighted by atomic mass is 10.2. The van der Waals surface area contributed by atoms with E-state index in [1.807, 2.05) is 24.3 Å². The summed E-state index contributed by atoms with van der Waals surface area (Å²) < 4.78 is 23.7. The summed E-state index contributed by atoms with van der Waals surface area (Å²) in [5, 5.41) is 3.76.